The largest absolute Gasteiger partial charge is 0.353 e. The van der Waals surface area contributed by atoms with Crippen molar-refractivity contribution in [2.75, 3.05) is 13.1 Å². The highest BCUT2D eigenvalue weighted by molar-refractivity contribution is 5.82. The Morgan fingerprint density at radius 1 is 1.14 bits per heavy atom. The standard InChI is InChI=1S/C23H32N4O/c1-3-21-23(28)24-13-14-27(21)16-20-15-26(2)25-22(20)19-11-9-18(10-12-19)17-7-5-4-6-8-17/h9-12,15,17,21H,3-8,13-14,16H2,1-2H3,(H,24,28)/t21-/m1/s1. The van der Waals surface area contributed by atoms with E-state index in [0.29, 0.717) is 0 Å². The molecule has 150 valence electrons. The van der Waals surface area contributed by atoms with Crippen molar-refractivity contribution in [3.05, 3.63) is 41.6 Å². The molecule has 5 nitrogen and oxygen atoms in total. The molecule has 1 aliphatic carbocycles. The molecular weight excluding hydrogens is 348 g/mol. The summed E-state index contributed by atoms with van der Waals surface area (Å²) in [6.07, 6.45) is 9.69. The SMILES string of the molecule is CC[C@@H]1C(=O)NCCN1Cc1cn(C)nc1-c1ccc(C2CCCCC2)cc1. The summed E-state index contributed by atoms with van der Waals surface area (Å²) in [4.78, 5) is 14.5. The average molecular weight is 381 g/mol. The lowest BCUT2D eigenvalue weighted by Crippen LogP contribution is -2.54. The molecule has 0 bridgehead atoms. The van der Waals surface area contributed by atoms with Gasteiger partial charge in [0.05, 0.1) is 11.7 Å². The van der Waals surface area contributed by atoms with Gasteiger partial charge in [0.1, 0.15) is 0 Å². The highest BCUT2D eigenvalue weighted by Gasteiger charge is 2.29. The summed E-state index contributed by atoms with van der Waals surface area (Å²) in [5, 5.41) is 7.73. The van der Waals surface area contributed by atoms with E-state index in [1.165, 1.54) is 48.8 Å². The van der Waals surface area contributed by atoms with E-state index in [1.54, 1.807) is 0 Å². The molecule has 0 spiro atoms. The first-order valence-corrected chi connectivity index (χ1v) is 10.8. The highest BCUT2D eigenvalue weighted by Crippen LogP contribution is 2.34. The van der Waals surface area contributed by atoms with E-state index in [4.69, 9.17) is 5.10 Å². The normalized spacial score (nSPS) is 21.6. The number of benzene rings is 1. The second-order valence-electron chi connectivity index (χ2n) is 8.32. The molecule has 4 rings (SSSR count). The fraction of sp³-hybridized carbons (Fsp3) is 0.565. The summed E-state index contributed by atoms with van der Waals surface area (Å²) in [5.41, 5.74) is 4.88. The summed E-state index contributed by atoms with van der Waals surface area (Å²) in [7, 11) is 1.98. The Morgan fingerprint density at radius 2 is 1.89 bits per heavy atom. The predicted molar refractivity (Wildman–Crippen MR) is 112 cm³/mol. The minimum Gasteiger partial charge on any atom is -0.353 e. The van der Waals surface area contributed by atoms with Gasteiger partial charge in [-0.15, -0.1) is 0 Å². The van der Waals surface area contributed by atoms with Crippen LogP contribution < -0.4 is 5.32 Å². The van der Waals surface area contributed by atoms with E-state index in [1.807, 2.05) is 11.7 Å². The van der Waals surface area contributed by atoms with E-state index in [0.717, 1.165) is 37.7 Å². The van der Waals surface area contributed by atoms with Crippen LogP contribution in [0.5, 0.6) is 0 Å². The van der Waals surface area contributed by atoms with Gasteiger partial charge < -0.3 is 5.32 Å². The van der Waals surface area contributed by atoms with Crippen molar-refractivity contribution in [1.82, 2.24) is 20.0 Å². The van der Waals surface area contributed by atoms with Gasteiger partial charge in [0.2, 0.25) is 5.91 Å². The van der Waals surface area contributed by atoms with Crippen molar-refractivity contribution >= 4 is 5.91 Å². The molecule has 1 aromatic heterocycles. The third-order valence-corrected chi connectivity index (χ3v) is 6.37. The Bertz CT molecular complexity index is 805. The maximum absolute atomic E-state index is 12.2. The van der Waals surface area contributed by atoms with Gasteiger partial charge in [0.15, 0.2) is 0 Å². The number of aromatic nitrogens is 2. The zero-order valence-corrected chi connectivity index (χ0v) is 17.2. The zero-order valence-electron chi connectivity index (χ0n) is 17.2. The number of aryl methyl sites for hydroxylation is 1. The lowest BCUT2D eigenvalue weighted by molar-refractivity contribution is -0.129. The van der Waals surface area contributed by atoms with Crippen LogP contribution in [0.15, 0.2) is 30.5 Å². The third-order valence-electron chi connectivity index (χ3n) is 6.37. The molecule has 1 amide bonds. The fourth-order valence-corrected chi connectivity index (χ4v) is 4.86. The number of carbonyl (C=O) groups is 1. The first kappa shape index (κ1) is 19.2. The molecule has 1 aromatic carbocycles. The van der Waals surface area contributed by atoms with Crippen LogP contribution in [0, 0.1) is 0 Å². The number of hydrogen-bond acceptors (Lipinski definition) is 3. The molecule has 0 radical (unpaired) electrons. The van der Waals surface area contributed by atoms with Crippen LogP contribution in [0.25, 0.3) is 11.3 Å². The van der Waals surface area contributed by atoms with Crippen LogP contribution in [-0.2, 0) is 18.4 Å². The van der Waals surface area contributed by atoms with Crippen molar-refractivity contribution in [3.8, 4) is 11.3 Å². The van der Waals surface area contributed by atoms with E-state index < -0.39 is 0 Å². The minimum absolute atomic E-state index is 0.0458. The van der Waals surface area contributed by atoms with Crippen molar-refractivity contribution in [3.63, 3.8) is 0 Å². The summed E-state index contributed by atoms with van der Waals surface area (Å²) in [6, 6.07) is 9.02. The van der Waals surface area contributed by atoms with Gasteiger partial charge >= 0.3 is 0 Å². The Kier molecular flexibility index (Phi) is 5.81. The molecule has 1 saturated carbocycles. The zero-order chi connectivity index (χ0) is 19.5. The number of amides is 1. The minimum atomic E-state index is -0.0458. The summed E-state index contributed by atoms with van der Waals surface area (Å²) in [6.45, 7) is 4.45. The Balaban J connectivity index is 1.55. The number of piperazine rings is 1. The van der Waals surface area contributed by atoms with Gasteiger partial charge in [-0.2, -0.15) is 5.10 Å². The molecule has 2 aromatic rings. The molecule has 0 unspecified atom stereocenters. The maximum Gasteiger partial charge on any atom is 0.237 e. The molecule has 2 heterocycles. The number of nitrogens with one attached hydrogen (secondary N) is 1. The Morgan fingerprint density at radius 3 is 2.61 bits per heavy atom. The molecule has 1 aliphatic heterocycles. The van der Waals surface area contributed by atoms with Gasteiger partial charge in [-0.25, -0.2) is 0 Å². The first-order valence-electron chi connectivity index (χ1n) is 10.8. The van der Waals surface area contributed by atoms with Gasteiger partial charge in [0, 0.05) is 44.0 Å². The van der Waals surface area contributed by atoms with Crippen LogP contribution in [0.2, 0.25) is 0 Å². The molecule has 2 fully saturated rings. The van der Waals surface area contributed by atoms with Crippen LogP contribution in [0.3, 0.4) is 0 Å². The lowest BCUT2D eigenvalue weighted by atomic mass is 9.84. The summed E-state index contributed by atoms with van der Waals surface area (Å²) < 4.78 is 1.89. The van der Waals surface area contributed by atoms with Gasteiger partial charge in [-0.1, -0.05) is 50.5 Å². The van der Waals surface area contributed by atoms with E-state index >= 15 is 0 Å². The Hall–Kier alpha value is -2.14. The molecular formula is C23H32N4O. The van der Waals surface area contributed by atoms with Crippen LogP contribution in [0.4, 0.5) is 0 Å². The smallest absolute Gasteiger partial charge is 0.237 e. The number of carbonyl (C=O) groups excluding carboxylic acids is 1. The van der Waals surface area contributed by atoms with Crippen LogP contribution >= 0.6 is 0 Å². The maximum atomic E-state index is 12.2. The molecule has 2 aliphatic rings. The first-order chi connectivity index (χ1) is 13.7. The highest BCUT2D eigenvalue weighted by atomic mass is 16.2. The second kappa shape index (κ2) is 8.48. The van der Waals surface area contributed by atoms with Crippen LogP contribution in [0.1, 0.15) is 62.5 Å². The number of nitrogens with zero attached hydrogens (tertiary/aromatic N) is 3. The summed E-state index contributed by atoms with van der Waals surface area (Å²) >= 11 is 0. The molecule has 28 heavy (non-hydrogen) atoms. The number of hydrogen-bond donors (Lipinski definition) is 1. The van der Waals surface area contributed by atoms with Crippen molar-refractivity contribution in [1.29, 1.82) is 0 Å². The molecule has 1 N–H and O–H groups in total. The lowest BCUT2D eigenvalue weighted by Gasteiger charge is -2.34. The quantitative estimate of drug-likeness (QED) is 0.857. The summed E-state index contributed by atoms with van der Waals surface area (Å²) in [5.74, 6) is 0.874. The van der Waals surface area contributed by atoms with Gasteiger partial charge in [-0.05, 0) is 30.7 Å². The second-order valence-corrected chi connectivity index (χ2v) is 8.32. The van der Waals surface area contributed by atoms with Crippen molar-refractivity contribution < 1.29 is 4.79 Å². The van der Waals surface area contributed by atoms with Gasteiger partial charge in [-0.3, -0.25) is 14.4 Å². The van der Waals surface area contributed by atoms with Crippen LogP contribution in [-0.4, -0.2) is 39.7 Å². The average Bonchev–Trinajstić information content (AvgIpc) is 3.09. The predicted octanol–water partition coefficient (Wildman–Crippen LogP) is 3.85. The van der Waals surface area contributed by atoms with E-state index in [9.17, 15) is 4.79 Å². The van der Waals surface area contributed by atoms with Crippen molar-refractivity contribution in [2.24, 2.45) is 7.05 Å². The fourth-order valence-electron chi connectivity index (χ4n) is 4.86. The third kappa shape index (κ3) is 4.00. The molecule has 1 saturated heterocycles. The van der Waals surface area contributed by atoms with E-state index in [-0.39, 0.29) is 11.9 Å². The van der Waals surface area contributed by atoms with E-state index in [2.05, 4.69) is 47.6 Å². The molecule has 1 atom stereocenters. The molecule has 5 heteroatoms. The monoisotopic (exact) mass is 380 g/mol. The Labute approximate surface area is 168 Å². The number of rotatable bonds is 5. The van der Waals surface area contributed by atoms with Crippen molar-refractivity contribution in [2.45, 2.75) is 64.0 Å². The topological polar surface area (TPSA) is 50.2 Å². The van der Waals surface area contributed by atoms with Gasteiger partial charge in [0.25, 0.3) is 0 Å².